The zero-order chi connectivity index (χ0) is 16.7. The quantitative estimate of drug-likeness (QED) is 0.499. The van der Waals surface area contributed by atoms with E-state index < -0.39 is 5.41 Å². The lowest BCUT2D eigenvalue weighted by Crippen LogP contribution is -2.46. The molecule has 0 radical (unpaired) electrons. The molecule has 0 rings (SSSR count). The maximum atomic E-state index is 12.8. The van der Waals surface area contributed by atoms with Gasteiger partial charge in [-0.15, -0.1) is 0 Å². The zero-order valence-corrected chi connectivity index (χ0v) is 15.7. The van der Waals surface area contributed by atoms with Gasteiger partial charge in [0.05, 0.1) is 12.0 Å². The van der Waals surface area contributed by atoms with Gasteiger partial charge in [0.25, 0.3) is 0 Å². The largest absolute Gasteiger partial charge is 0.465 e. The molecule has 0 fully saturated rings. The van der Waals surface area contributed by atoms with Crippen molar-refractivity contribution in [1.82, 2.24) is 0 Å². The maximum Gasteiger partial charge on any atom is 0.312 e. The topological polar surface area (TPSA) is 26.3 Å². The van der Waals surface area contributed by atoms with E-state index in [4.69, 9.17) is 4.74 Å². The molecule has 0 heterocycles. The van der Waals surface area contributed by atoms with E-state index in [0.717, 1.165) is 19.3 Å². The van der Waals surface area contributed by atoms with Crippen LogP contribution in [0.2, 0.25) is 0 Å². The van der Waals surface area contributed by atoms with E-state index in [0.29, 0.717) is 18.4 Å². The molecule has 0 aliphatic rings. The molecular weight excluding hydrogens is 260 g/mol. The van der Waals surface area contributed by atoms with Crippen molar-refractivity contribution >= 4 is 5.97 Å². The van der Waals surface area contributed by atoms with Gasteiger partial charge in [0.15, 0.2) is 0 Å². The summed E-state index contributed by atoms with van der Waals surface area (Å²) >= 11 is 0. The van der Waals surface area contributed by atoms with Crippen LogP contribution >= 0.6 is 0 Å². The fourth-order valence-electron chi connectivity index (χ4n) is 2.90. The molecule has 126 valence electrons. The molecule has 0 amide bonds. The Labute approximate surface area is 133 Å². The Balaban J connectivity index is 4.85. The lowest BCUT2D eigenvalue weighted by Gasteiger charge is -2.44. The summed E-state index contributed by atoms with van der Waals surface area (Å²) in [6.45, 7) is 17.8. The van der Waals surface area contributed by atoms with Crippen LogP contribution in [0.1, 0.15) is 87.5 Å². The Morgan fingerprint density at radius 2 is 1.62 bits per heavy atom. The molecular formula is C19H38O2. The minimum Gasteiger partial charge on any atom is -0.465 e. The predicted octanol–water partition coefficient (Wildman–Crippen LogP) is 5.84. The van der Waals surface area contributed by atoms with Crippen molar-refractivity contribution in [3.8, 4) is 0 Å². The molecule has 0 saturated heterocycles. The number of hydrogen-bond donors (Lipinski definition) is 0. The van der Waals surface area contributed by atoms with E-state index >= 15 is 0 Å². The van der Waals surface area contributed by atoms with Crippen LogP contribution in [-0.2, 0) is 9.53 Å². The van der Waals surface area contributed by atoms with Crippen LogP contribution < -0.4 is 0 Å². The van der Waals surface area contributed by atoms with Crippen molar-refractivity contribution in [2.24, 2.45) is 22.7 Å². The SMILES string of the molecule is CCCCC(CC)COC(=O)C(C)(C(C)CC)C(C)(C)C. The van der Waals surface area contributed by atoms with Gasteiger partial charge in [-0.05, 0) is 30.6 Å². The highest BCUT2D eigenvalue weighted by Gasteiger charge is 2.49. The van der Waals surface area contributed by atoms with Gasteiger partial charge in [0.1, 0.15) is 0 Å². The second-order valence-corrected chi connectivity index (χ2v) is 7.78. The van der Waals surface area contributed by atoms with Crippen molar-refractivity contribution in [3.63, 3.8) is 0 Å². The van der Waals surface area contributed by atoms with Gasteiger partial charge in [0.2, 0.25) is 0 Å². The van der Waals surface area contributed by atoms with Gasteiger partial charge in [-0.2, -0.15) is 0 Å². The molecule has 2 nitrogen and oxygen atoms in total. The van der Waals surface area contributed by atoms with Crippen molar-refractivity contribution in [2.45, 2.75) is 87.5 Å². The highest BCUT2D eigenvalue weighted by atomic mass is 16.5. The molecule has 0 aromatic carbocycles. The fraction of sp³-hybridized carbons (Fsp3) is 0.947. The molecule has 0 aliphatic carbocycles. The average Bonchev–Trinajstić information content (AvgIpc) is 2.44. The molecule has 0 spiro atoms. The number of esters is 1. The highest BCUT2D eigenvalue weighted by Crippen LogP contribution is 2.46. The minimum absolute atomic E-state index is 0.0145. The van der Waals surface area contributed by atoms with Gasteiger partial charge in [-0.25, -0.2) is 0 Å². The monoisotopic (exact) mass is 298 g/mol. The van der Waals surface area contributed by atoms with Crippen LogP contribution in [0.5, 0.6) is 0 Å². The molecule has 0 aromatic heterocycles. The van der Waals surface area contributed by atoms with E-state index in [1.165, 1.54) is 12.8 Å². The first-order chi connectivity index (χ1) is 9.64. The molecule has 0 bridgehead atoms. The molecule has 0 aliphatic heterocycles. The zero-order valence-electron chi connectivity index (χ0n) is 15.7. The number of carbonyl (C=O) groups excluding carboxylic acids is 1. The van der Waals surface area contributed by atoms with Crippen LogP contribution in [0, 0.1) is 22.7 Å². The summed E-state index contributed by atoms with van der Waals surface area (Å²) < 4.78 is 5.77. The molecule has 0 saturated carbocycles. The number of unbranched alkanes of at least 4 members (excludes halogenated alkanes) is 1. The van der Waals surface area contributed by atoms with E-state index in [-0.39, 0.29) is 11.4 Å². The molecule has 0 N–H and O–H groups in total. The molecule has 21 heavy (non-hydrogen) atoms. The van der Waals surface area contributed by atoms with Crippen LogP contribution in [-0.4, -0.2) is 12.6 Å². The summed E-state index contributed by atoms with van der Waals surface area (Å²) in [5.74, 6) is 0.815. The summed E-state index contributed by atoms with van der Waals surface area (Å²) in [5.41, 5.74) is -0.518. The maximum absolute atomic E-state index is 12.8. The number of ether oxygens (including phenoxy) is 1. The summed E-state index contributed by atoms with van der Waals surface area (Å²) in [4.78, 5) is 12.8. The normalized spacial score (nSPS) is 17.9. The van der Waals surface area contributed by atoms with Gasteiger partial charge in [-0.3, -0.25) is 4.79 Å². The van der Waals surface area contributed by atoms with Gasteiger partial charge in [-0.1, -0.05) is 74.1 Å². The lowest BCUT2D eigenvalue weighted by molar-refractivity contribution is -0.168. The third kappa shape index (κ3) is 5.30. The van der Waals surface area contributed by atoms with E-state index in [1.54, 1.807) is 0 Å². The Morgan fingerprint density at radius 3 is 2.00 bits per heavy atom. The minimum atomic E-state index is -0.426. The summed E-state index contributed by atoms with van der Waals surface area (Å²) in [6.07, 6.45) is 5.67. The summed E-state index contributed by atoms with van der Waals surface area (Å²) in [5, 5.41) is 0. The first kappa shape index (κ1) is 20.5. The first-order valence-corrected chi connectivity index (χ1v) is 8.82. The predicted molar refractivity (Wildman–Crippen MR) is 91.3 cm³/mol. The molecule has 2 heteroatoms. The second-order valence-electron chi connectivity index (χ2n) is 7.78. The van der Waals surface area contributed by atoms with E-state index in [2.05, 4.69) is 55.4 Å². The Bertz CT molecular complexity index is 303. The van der Waals surface area contributed by atoms with E-state index in [1.807, 2.05) is 0 Å². The van der Waals surface area contributed by atoms with Crippen molar-refractivity contribution in [2.75, 3.05) is 6.61 Å². The van der Waals surface area contributed by atoms with Crippen LogP contribution in [0.3, 0.4) is 0 Å². The third-order valence-corrected chi connectivity index (χ3v) is 5.57. The first-order valence-electron chi connectivity index (χ1n) is 8.82. The van der Waals surface area contributed by atoms with Crippen molar-refractivity contribution in [3.05, 3.63) is 0 Å². The summed E-state index contributed by atoms with van der Waals surface area (Å²) in [7, 11) is 0. The van der Waals surface area contributed by atoms with Crippen molar-refractivity contribution in [1.29, 1.82) is 0 Å². The third-order valence-electron chi connectivity index (χ3n) is 5.57. The Morgan fingerprint density at radius 1 is 1.05 bits per heavy atom. The molecule has 3 atom stereocenters. The average molecular weight is 299 g/mol. The Kier molecular flexibility index (Phi) is 8.58. The highest BCUT2D eigenvalue weighted by molar-refractivity contribution is 5.77. The second kappa shape index (κ2) is 8.80. The van der Waals surface area contributed by atoms with Gasteiger partial charge >= 0.3 is 5.97 Å². The van der Waals surface area contributed by atoms with Gasteiger partial charge < -0.3 is 4.74 Å². The standard InChI is InChI=1S/C19H38O2/c1-9-12-13-16(11-3)14-21-17(20)19(8,15(4)10-2)18(5,6)7/h15-16H,9-14H2,1-8H3. The smallest absolute Gasteiger partial charge is 0.312 e. The van der Waals surface area contributed by atoms with Gasteiger partial charge in [0, 0.05) is 0 Å². The summed E-state index contributed by atoms with van der Waals surface area (Å²) in [6, 6.07) is 0. The lowest BCUT2D eigenvalue weighted by atomic mass is 9.60. The van der Waals surface area contributed by atoms with Crippen molar-refractivity contribution < 1.29 is 9.53 Å². The van der Waals surface area contributed by atoms with Crippen LogP contribution in [0.25, 0.3) is 0 Å². The Hall–Kier alpha value is -0.530. The number of carbonyl (C=O) groups is 1. The van der Waals surface area contributed by atoms with E-state index in [9.17, 15) is 4.79 Å². The number of hydrogen-bond acceptors (Lipinski definition) is 2. The fourth-order valence-corrected chi connectivity index (χ4v) is 2.90. The molecule has 3 unspecified atom stereocenters. The van der Waals surface area contributed by atoms with Crippen LogP contribution in [0.4, 0.5) is 0 Å². The van der Waals surface area contributed by atoms with Crippen LogP contribution in [0.15, 0.2) is 0 Å². The number of rotatable bonds is 9. The molecule has 0 aromatic rings.